The quantitative estimate of drug-likeness (QED) is 0.454. The van der Waals surface area contributed by atoms with Gasteiger partial charge in [-0.2, -0.15) is 0 Å². The molecule has 0 saturated heterocycles. The molecule has 1 aliphatic carbocycles. The molecule has 2 heterocycles. The summed E-state index contributed by atoms with van der Waals surface area (Å²) in [6, 6.07) is 17.6. The Bertz CT molecular complexity index is 1110. The third-order valence-electron chi connectivity index (χ3n) is 6.42. The normalized spacial score (nSPS) is 24.1. The van der Waals surface area contributed by atoms with Gasteiger partial charge in [-0.1, -0.05) is 67.7 Å². The van der Waals surface area contributed by atoms with Gasteiger partial charge in [-0.3, -0.25) is 0 Å². The summed E-state index contributed by atoms with van der Waals surface area (Å²) in [4.78, 5) is 7.75. The van der Waals surface area contributed by atoms with Crippen LogP contribution in [0.1, 0.15) is 40.5 Å². The minimum Gasteiger partial charge on any atom is -0.355 e. The second-order valence-corrected chi connectivity index (χ2v) is 11.8. The van der Waals surface area contributed by atoms with E-state index in [-0.39, 0.29) is 5.41 Å². The van der Waals surface area contributed by atoms with Gasteiger partial charge in [-0.25, -0.2) is 0 Å². The topological polar surface area (TPSA) is 6.48 Å². The summed E-state index contributed by atoms with van der Waals surface area (Å²) in [5.41, 5.74) is 5.91. The molecule has 32 heavy (non-hydrogen) atoms. The first-order valence-corrected chi connectivity index (χ1v) is 13.4. The molecule has 0 N–H and O–H groups in total. The lowest BCUT2D eigenvalue weighted by Crippen LogP contribution is -2.28. The van der Waals surface area contributed by atoms with E-state index in [1.165, 1.54) is 37.3 Å². The predicted molar refractivity (Wildman–Crippen MR) is 142 cm³/mol. The molecule has 2 aromatic carbocycles. The van der Waals surface area contributed by atoms with Gasteiger partial charge < -0.3 is 9.80 Å². The molecule has 2 aromatic rings. The number of para-hydroxylation sites is 2. The van der Waals surface area contributed by atoms with Gasteiger partial charge in [0.1, 0.15) is 0 Å². The molecule has 5 rings (SSSR count). The zero-order valence-electron chi connectivity index (χ0n) is 19.5. The number of fused-ring (bicyclic) bond motifs is 2. The van der Waals surface area contributed by atoms with E-state index >= 15 is 0 Å². The maximum Gasteiger partial charge on any atom is 0.0988 e. The highest BCUT2D eigenvalue weighted by atomic mass is 32.2. The molecule has 0 bridgehead atoms. The first-order chi connectivity index (χ1) is 15.5. The molecule has 2 aliphatic heterocycles. The fourth-order valence-electron chi connectivity index (χ4n) is 5.13. The first-order valence-electron chi connectivity index (χ1n) is 11.7. The van der Waals surface area contributed by atoms with Crippen molar-refractivity contribution in [3.05, 3.63) is 82.9 Å². The number of rotatable bonds is 4. The van der Waals surface area contributed by atoms with Crippen LogP contribution in [0.15, 0.2) is 92.7 Å². The average molecular weight is 461 g/mol. The summed E-state index contributed by atoms with van der Waals surface area (Å²) >= 11 is 3.89. The lowest BCUT2D eigenvalue weighted by Gasteiger charge is -2.32. The standard InChI is InChI=1S/C28H32N2S2/c1-5-29-22-11-7-9-13-24(22)31-26(29)16-20-15-21(19-28(3,4)18-20)17-27-30(6-2)23-12-8-10-14-25(23)32-27/h7-17,26H,5-6,18-19H2,1-4H3. The predicted octanol–water partition coefficient (Wildman–Crippen LogP) is 8.09. The molecule has 166 valence electrons. The molecule has 0 aromatic heterocycles. The van der Waals surface area contributed by atoms with Crippen LogP contribution in [0.3, 0.4) is 0 Å². The Hall–Kier alpha value is -2.04. The van der Waals surface area contributed by atoms with Gasteiger partial charge in [0.05, 0.1) is 21.8 Å². The van der Waals surface area contributed by atoms with Crippen molar-refractivity contribution in [2.45, 2.75) is 55.7 Å². The van der Waals surface area contributed by atoms with Gasteiger partial charge in [0.2, 0.25) is 0 Å². The maximum absolute atomic E-state index is 2.53. The molecule has 1 atom stereocenters. The van der Waals surface area contributed by atoms with Crippen LogP contribution in [0.5, 0.6) is 0 Å². The van der Waals surface area contributed by atoms with Gasteiger partial charge in [-0.05, 0) is 79.7 Å². The van der Waals surface area contributed by atoms with Crippen LogP contribution in [-0.4, -0.2) is 18.5 Å². The highest BCUT2D eigenvalue weighted by Crippen LogP contribution is 2.48. The fourth-order valence-corrected chi connectivity index (χ4v) is 7.69. The molecule has 1 unspecified atom stereocenters. The van der Waals surface area contributed by atoms with E-state index in [2.05, 4.69) is 104 Å². The molecule has 0 saturated carbocycles. The SMILES string of the molecule is CCN1C(=CC2=CC(=CC3Sc4ccccc4N3CC)CC(C)(C)C2)Sc2ccccc21. The molecular formula is C28H32N2S2. The lowest BCUT2D eigenvalue weighted by molar-refractivity contribution is 0.354. The Morgan fingerprint density at radius 3 is 2.41 bits per heavy atom. The number of hydrogen-bond acceptors (Lipinski definition) is 4. The van der Waals surface area contributed by atoms with Crippen molar-refractivity contribution in [1.82, 2.24) is 0 Å². The van der Waals surface area contributed by atoms with E-state index in [0.29, 0.717) is 5.37 Å². The molecule has 3 aliphatic rings. The highest BCUT2D eigenvalue weighted by Gasteiger charge is 2.31. The van der Waals surface area contributed by atoms with Crippen molar-refractivity contribution in [3.8, 4) is 0 Å². The van der Waals surface area contributed by atoms with Crippen molar-refractivity contribution in [2.24, 2.45) is 5.41 Å². The summed E-state index contributed by atoms with van der Waals surface area (Å²) in [5, 5.41) is 1.73. The van der Waals surface area contributed by atoms with Gasteiger partial charge in [0, 0.05) is 22.9 Å². The minimum absolute atomic E-state index is 0.271. The van der Waals surface area contributed by atoms with E-state index in [0.717, 1.165) is 25.9 Å². The van der Waals surface area contributed by atoms with Crippen LogP contribution in [0.2, 0.25) is 0 Å². The van der Waals surface area contributed by atoms with E-state index in [1.807, 2.05) is 23.5 Å². The van der Waals surface area contributed by atoms with Gasteiger partial charge in [-0.15, -0.1) is 0 Å². The van der Waals surface area contributed by atoms with Crippen molar-refractivity contribution in [1.29, 1.82) is 0 Å². The van der Waals surface area contributed by atoms with Crippen LogP contribution in [-0.2, 0) is 0 Å². The van der Waals surface area contributed by atoms with Crippen molar-refractivity contribution >= 4 is 34.9 Å². The van der Waals surface area contributed by atoms with Crippen LogP contribution in [0, 0.1) is 5.41 Å². The number of thioether (sulfide) groups is 2. The fraction of sp³-hybridized carbons (Fsp3) is 0.357. The number of nitrogens with zero attached hydrogens (tertiary/aromatic N) is 2. The van der Waals surface area contributed by atoms with Crippen LogP contribution in [0.25, 0.3) is 0 Å². The van der Waals surface area contributed by atoms with E-state index in [4.69, 9.17) is 0 Å². The van der Waals surface area contributed by atoms with Crippen molar-refractivity contribution < 1.29 is 0 Å². The second kappa shape index (κ2) is 8.72. The van der Waals surface area contributed by atoms with Gasteiger partial charge >= 0.3 is 0 Å². The molecule has 0 fully saturated rings. The first kappa shape index (κ1) is 21.8. The van der Waals surface area contributed by atoms with E-state index in [1.54, 1.807) is 0 Å². The lowest BCUT2D eigenvalue weighted by atomic mass is 9.75. The third kappa shape index (κ3) is 4.15. The molecule has 4 heteroatoms. The number of hydrogen-bond donors (Lipinski definition) is 0. The molecule has 2 nitrogen and oxygen atoms in total. The summed E-state index contributed by atoms with van der Waals surface area (Å²) in [7, 11) is 0. The van der Waals surface area contributed by atoms with Gasteiger partial charge in [0.25, 0.3) is 0 Å². The average Bonchev–Trinajstić information content (AvgIpc) is 3.28. The van der Waals surface area contributed by atoms with Crippen LogP contribution in [0.4, 0.5) is 11.4 Å². The zero-order valence-corrected chi connectivity index (χ0v) is 21.1. The van der Waals surface area contributed by atoms with Crippen LogP contribution < -0.4 is 9.80 Å². The Balaban J connectivity index is 1.46. The Labute approximate surface area is 201 Å². The molecule has 0 spiro atoms. The molecule has 0 amide bonds. The van der Waals surface area contributed by atoms with Crippen LogP contribution >= 0.6 is 23.5 Å². The monoisotopic (exact) mass is 460 g/mol. The number of allylic oxidation sites excluding steroid dienone is 4. The summed E-state index contributed by atoms with van der Waals surface area (Å²) in [5.74, 6) is 0. The summed E-state index contributed by atoms with van der Waals surface area (Å²) in [6.45, 7) is 11.4. The van der Waals surface area contributed by atoms with Crippen molar-refractivity contribution in [2.75, 3.05) is 22.9 Å². The number of anilines is 2. The Kier molecular flexibility index (Phi) is 5.94. The second-order valence-electron chi connectivity index (χ2n) is 9.54. The summed E-state index contributed by atoms with van der Waals surface area (Å²) < 4.78 is 0. The summed E-state index contributed by atoms with van der Waals surface area (Å²) in [6.07, 6.45) is 9.68. The number of benzene rings is 2. The largest absolute Gasteiger partial charge is 0.355 e. The van der Waals surface area contributed by atoms with Gasteiger partial charge in [0.15, 0.2) is 0 Å². The maximum atomic E-state index is 2.53. The molecule has 0 radical (unpaired) electrons. The van der Waals surface area contributed by atoms with E-state index in [9.17, 15) is 0 Å². The highest BCUT2D eigenvalue weighted by molar-refractivity contribution is 8.03. The zero-order chi connectivity index (χ0) is 22.3. The molecular weight excluding hydrogens is 428 g/mol. The Morgan fingerprint density at radius 1 is 0.938 bits per heavy atom. The number of likely N-dealkylation sites (N-methyl/N-ethyl adjacent to an activating group) is 1. The third-order valence-corrected chi connectivity index (χ3v) is 8.77. The van der Waals surface area contributed by atoms with E-state index < -0.39 is 0 Å². The van der Waals surface area contributed by atoms with Crippen molar-refractivity contribution in [3.63, 3.8) is 0 Å². The Morgan fingerprint density at radius 2 is 1.66 bits per heavy atom. The minimum atomic E-state index is 0.271. The smallest absolute Gasteiger partial charge is 0.0988 e.